The molecule has 1 nitrogen and oxygen atoms in total. The first-order valence-corrected chi connectivity index (χ1v) is 7.83. The average Bonchev–Trinajstić information content (AvgIpc) is 2.96. The fourth-order valence-corrected chi connectivity index (χ4v) is 3.44. The summed E-state index contributed by atoms with van der Waals surface area (Å²) in [4.78, 5) is 13.9. The molecule has 1 heterocycles. The molecule has 21 heavy (non-hydrogen) atoms. The average molecular weight is 292 g/mol. The zero-order valence-electron chi connectivity index (χ0n) is 11.8. The second-order valence-corrected chi connectivity index (χ2v) is 5.97. The van der Waals surface area contributed by atoms with E-state index in [9.17, 15) is 4.79 Å². The van der Waals surface area contributed by atoms with Gasteiger partial charge >= 0.3 is 0 Å². The predicted molar refractivity (Wildman–Crippen MR) is 88.1 cm³/mol. The number of ketones is 1. The lowest BCUT2D eigenvalue weighted by atomic mass is 9.86. The highest BCUT2D eigenvalue weighted by molar-refractivity contribution is 7.12. The maximum Gasteiger partial charge on any atom is 0.184 e. The highest BCUT2D eigenvalue weighted by Gasteiger charge is 2.25. The Hall–Kier alpha value is -2.19. The van der Waals surface area contributed by atoms with Crippen LogP contribution in [0.5, 0.6) is 0 Å². The minimum atomic E-state index is -0.232. The second-order valence-electron chi connectivity index (χ2n) is 5.05. The number of carbonyl (C=O) groups excluding carboxylic acids is 1. The quantitative estimate of drug-likeness (QED) is 0.613. The van der Waals surface area contributed by atoms with Gasteiger partial charge in [-0.3, -0.25) is 4.79 Å². The Labute approximate surface area is 128 Å². The van der Waals surface area contributed by atoms with Crippen molar-refractivity contribution in [3.05, 3.63) is 93.7 Å². The summed E-state index contributed by atoms with van der Waals surface area (Å²) in [5.41, 5.74) is 3.14. The first kappa shape index (κ1) is 13.8. The number of Topliss-reactive ketones (excluding diaryl/α,β-unsaturated/α-hetero) is 1. The highest BCUT2D eigenvalue weighted by atomic mass is 32.1. The second kappa shape index (κ2) is 6.06. The van der Waals surface area contributed by atoms with Crippen LogP contribution in [0.2, 0.25) is 0 Å². The van der Waals surface area contributed by atoms with Gasteiger partial charge in [-0.15, -0.1) is 11.3 Å². The third-order valence-electron chi connectivity index (χ3n) is 3.61. The third-order valence-corrected chi connectivity index (χ3v) is 4.64. The zero-order chi connectivity index (χ0) is 14.7. The Bertz CT molecular complexity index is 689. The van der Waals surface area contributed by atoms with Gasteiger partial charge in [0.25, 0.3) is 0 Å². The van der Waals surface area contributed by atoms with Crippen molar-refractivity contribution in [2.75, 3.05) is 0 Å². The van der Waals surface area contributed by atoms with E-state index in [0.29, 0.717) is 0 Å². The van der Waals surface area contributed by atoms with Gasteiger partial charge in [-0.2, -0.15) is 0 Å². The van der Waals surface area contributed by atoms with Crippen LogP contribution in [0, 0.1) is 6.92 Å². The van der Waals surface area contributed by atoms with Crippen LogP contribution in [0.15, 0.2) is 72.1 Å². The van der Waals surface area contributed by atoms with Crippen LogP contribution in [-0.2, 0) is 0 Å². The van der Waals surface area contributed by atoms with Crippen LogP contribution < -0.4 is 0 Å². The Kier molecular flexibility index (Phi) is 3.98. The molecule has 3 rings (SSSR count). The molecule has 0 unspecified atom stereocenters. The van der Waals surface area contributed by atoms with Crippen LogP contribution in [-0.4, -0.2) is 5.78 Å². The molecule has 2 aromatic carbocycles. The first-order valence-electron chi connectivity index (χ1n) is 6.95. The van der Waals surface area contributed by atoms with E-state index in [1.807, 2.05) is 79.0 Å². The summed E-state index contributed by atoms with van der Waals surface area (Å²) in [6.45, 7) is 2.00. The van der Waals surface area contributed by atoms with E-state index in [-0.39, 0.29) is 11.7 Å². The maximum atomic E-state index is 13.0. The van der Waals surface area contributed by atoms with Gasteiger partial charge in [-0.05, 0) is 35.1 Å². The van der Waals surface area contributed by atoms with E-state index in [1.54, 1.807) is 0 Å². The lowest BCUT2D eigenvalue weighted by molar-refractivity contribution is 0.0977. The molecule has 2 heteroatoms. The smallest absolute Gasteiger partial charge is 0.184 e. The molecule has 0 atom stereocenters. The van der Waals surface area contributed by atoms with Gasteiger partial charge in [0.1, 0.15) is 0 Å². The van der Waals surface area contributed by atoms with Crippen molar-refractivity contribution in [1.82, 2.24) is 0 Å². The molecule has 0 aliphatic carbocycles. The third kappa shape index (κ3) is 2.81. The van der Waals surface area contributed by atoms with Crippen molar-refractivity contribution in [2.45, 2.75) is 12.8 Å². The van der Waals surface area contributed by atoms with Gasteiger partial charge in [-0.1, -0.05) is 60.7 Å². The summed E-state index contributed by atoms with van der Waals surface area (Å²) in [7, 11) is 0. The van der Waals surface area contributed by atoms with Crippen molar-refractivity contribution in [1.29, 1.82) is 0 Å². The first-order chi connectivity index (χ1) is 10.3. The topological polar surface area (TPSA) is 17.1 Å². The van der Waals surface area contributed by atoms with Crippen LogP contribution >= 0.6 is 11.3 Å². The maximum absolute atomic E-state index is 13.0. The SMILES string of the molecule is Cc1ccsc1C(=O)C(c1ccccc1)c1ccccc1. The molecule has 0 bridgehead atoms. The van der Waals surface area contributed by atoms with Crippen molar-refractivity contribution >= 4 is 17.1 Å². The van der Waals surface area contributed by atoms with E-state index in [2.05, 4.69) is 0 Å². The van der Waals surface area contributed by atoms with Crippen molar-refractivity contribution < 1.29 is 4.79 Å². The van der Waals surface area contributed by atoms with E-state index >= 15 is 0 Å². The Morgan fingerprint density at radius 1 is 0.857 bits per heavy atom. The molecular formula is C19H16OS. The fourth-order valence-electron chi connectivity index (χ4n) is 2.54. The van der Waals surface area contributed by atoms with Crippen LogP contribution in [0.3, 0.4) is 0 Å². The van der Waals surface area contributed by atoms with Gasteiger partial charge in [-0.25, -0.2) is 0 Å². The number of aryl methyl sites for hydroxylation is 1. The number of benzene rings is 2. The molecule has 0 radical (unpaired) electrons. The lowest BCUT2D eigenvalue weighted by Gasteiger charge is -2.16. The number of hydrogen-bond acceptors (Lipinski definition) is 2. The standard InChI is InChI=1S/C19H16OS/c1-14-12-13-21-19(14)18(20)17(15-8-4-2-5-9-15)16-10-6-3-7-11-16/h2-13,17H,1H3. The summed E-state index contributed by atoms with van der Waals surface area (Å²) < 4.78 is 0. The molecule has 0 N–H and O–H groups in total. The summed E-state index contributed by atoms with van der Waals surface area (Å²) in [5.74, 6) is -0.0513. The molecule has 3 aromatic rings. The Balaban J connectivity index is 2.09. The highest BCUT2D eigenvalue weighted by Crippen LogP contribution is 2.31. The minimum Gasteiger partial charge on any atom is -0.292 e. The van der Waals surface area contributed by atoms with Gasteiger partial charge in [0, 0.05) is 0 Å². The summed E-state index contributed by atoms with van der Waals surface area (Å²) in [6.07, 6.45) is 0. The van der Waals surface area contributed by atoms with Crippen LogP contribution in [0.4, 0.5) is 0 Å². The Morgan fingerprint density at radius 2 is 1.38 bits per heavy atom. The number of rotatable bonds is 4. The minimum absolute atomic E-state index is 0.180. The van der Waals surface area contributed by atoms with E-state index in [1.165, 1.54) is 11.3 Å². The summed E-state index contributed by atoms with van der Waals surface area (Å²) in [6, 6.07) is 22.0. The molecule has 0 saturated carbocycles. The van der Waals surface area contributed by atoms with Gasteiger partial charge < -0.3 is 0 Å². The lowest BCUT2D eigenvalue weighted by Crippen LogP contribution is -2.14. The zero-order valence-corrected chi connectivity index (χ0v) is 12.6. The molecule has 0 spiro atoms. The normalized spacial score (nSPS) is 10.8. The molecule has 0 fully saturated rings. The van der Waals surface area contributed by atoms with Crippen molar-refractivity contribution in [3.63, 3.8) is 0 Å². The van der Waals surface area contributed by atoms with E-state index in [0.717, 1.165) is 21.6 Å². The molecular weight excluding hydrogens is 276 g/mol. The number of carbonyl (C=O) groups is 1. The predicted octanol–water partition coefficient (Wildman–Crippen LogP) is 5.07. The van der Waals surface area contributed by atoms with Crippen molar-refractivity contribution in [3.8, 4) is 0 Å². The van der Waals surface area contributed by atoms with Gasteiger partial charge in [0.15, 0.2) is 5.78 Å². The molecule has 0 aliphatic rings. The van der Waals surface area contributed by atoms with Crippen LogP contribution in [0.25, 0.3) is 0 Å². The van der Waals surface area contributed by atoms with Gasteiger partial charge in [0.05, 0.1) is 10.8 Å². The summed E-state index contributed by atoms with van der Waals surface area (Å²) >= 11 is 1.53. The molecule has 1 aromatic heterocycles. The molecule has 0 saturated heterocycles. The van der Waals surface area contributed by atoms with E-state index < -0.39 is 0 Å². The van der Waals surface area contributed by atoms with Crippen LogP contribution in [0.1, 0.15) is 32.3 Å². The molecule has 104 valence electrons. The fraction of sp³-hybridized carbons (Fsp3) is 0.105. The molecule has 0 aliphatic heterocycles. The molecule has 0 amide bonds. The summed E-state index contributed by atoms with van der Waals surface area (Å²) in [5, 5.41) is 1.98. The number of hydrogen-bond donors (Lipinski definition) is 0. The largest absolute Gasteiger partial charge is 0.292 e. The van der Waals surface area contributed by atoms with Crippen molar-refractivity contribution in [2.24, 2.45) is 0 Å². The number of thiophene rings is 1. The Morgan fingerprint density at radius 3 is 1.81 bits per heavy atom. The van der Waals surface area contributed by atoms with E-state index in [4.69, 9.17) is 0 Å². The monoisotopic (exact) mass is 292 g/mol. The van der Waals surface area contributed by atoms with Gasteiger partial charge in [0.2, 0.25) is 0 Å².